The molecule has 0 aliphatic heterocycles. The van der Waals surface area contributed by atoms with Gasteiger partial charge in [0, 0.05) is 23.6 Å². The molecule has 1 heterocycles. The SMILES string of the molecule is Cl.N[C@H](Cc1c[nH]c2ccccc12)C(=O)NCCc1ccccc1. The van der Waals surface area contributed by atoms with Gasteiger partial charge in [0.05, 0.1) is 6.04 Å². The molecule has 4 nitrogen and oxygen atoms in total. The molecule has 0 radical (unpaired) electrons. The zero-order chi connectivity index (χ0) is 16.1. The Hall–Kier alpha value is -2.30. The van der Waals surface area contributed by atoms with Crippen molar-refractivity contribution in [3.63, 3.8) is 0 Å². The first-order valence-corrected chi connectivity index (χ1v) is 7.86. The van der Waals surface area contributed by atoms with Crippen LogP contribution in [0.3, 0.4) is 0 Å². The molecule has 1 atom stereocenters. The molecule has 0 aliphatic rings. The van der Waals surface area contributed by atoms with E-state index in [1.807, 2.05) is 48.7 Å². The zero-order valence-corrected chi connectivity index (χ0v) is 14.2. The highest BCUT2D eigenvalue weighted by Gasteiger charge is 2.15. The van der Waals surface area contributed by atoms with E-state index < -0.39 is 6.04 Å². The van der Waals surface area contributed by atoms with E-state index in [9.17, 15) is 4.79 Å². The predicted molar refractivity (Wildman–Crippen MR) is 100 cm³/mol. The summed E-state index contributed by atoms with van der Waals surface area (Å²) >= 11 is 0. The molecule has 126 valence electrons. The molecule has 0 unspecified atom stereocenters. The summed E-state index contributed by atoms with van der Waals surface area (Å²) in [6.07, 6.45) is 3.27. The van der Waals surface area contributed by atoms with Gasteiger partial charge in [-0.2, -0.15) is 0 Å². The first-order chi connectivity index (χ1) is 11.2. The second-order valence-corrected chi connectivity index (χ2v) is 5.70. The molecule has 0 bridgehead atoms. The number of aromatic nitrogens is 1. The van der Waals surface area contributed by atoms with Crippen molar-refractivity contribution in [2.24, 2.45) is 5.73 Å². The third kappa shape index (κ3) is 4.37. The zero-order valence-electron chi connectivity index (χ0n) is 13.4. The normalized spacial score (nSPS) is 11.7. The van der Waals surface area contributed by atoms with Crippen LogP contribution < -0.4 is 11.1 Å². The Balaban J connectivity index is 0.00000208. The minimum absolute atomic E-state index is 0. The van der Waals surface area contributed by atoms with Crippen LogP contribution in [0.5, 0.6) is 0 Å². The minimum Gasteiger partial charge on any atom is -0.361 e. The highest BCUT2D eigenvalue weighted by molar-refractivity contribution is 5.86. The highest BCUT2D eigenvalue weighted by Crippen LogP contribution is 2.18. The van der Waals surface area contributed by atoms with Crippen LogP contribution in [0.2, 0.25) is 0 Å². The fourth-order valence-electron chi connectivity index (χ4n) is 2.74. The maximum atomic E-state index is 12.1. The fourth-order valence-corrected chi connectivity index (χ4v) is 2.74. The first kappa shape index (κ1) is 18.0. The van der Waals surface area contributed by atoms with Gasteiger partial charge in [-0.1, -0.05) is 48.5 Å². The summed E-state index contributed by atoms with van der Waals surface area (Å²) in [7, 11) is 0. The number of rotatable bonds is 6. The topological polar surface area (TPSA) is 70.9 Å². The van der Waals surface area contributed by atoms with Crippen molar-refractivity contribution in [3.05, 3.63) is 71.9 Å². The third-order valence-electron chi connectivity index (χ3n) is 4.01. The summed E-state index contributed by atoms with van der Waals surface area (Å²) in [6, 6.07) is 17.6. The van der Waals surface area contributed by atoms with E-state index >= 15 is 0 Å². The number of amides is 1. The molecule has 0 fully saturated rings. The summed E-state index contributed by atoms with van der Waals surface area (Å²) in [4.78, 5) is 15.4. The number of aromatic amines is 1. The highest BCUT2D eigenvalue weighted by atomic mass is 35.5. The number of nitrogens with two attached hydrogens (primary N) is 1. The first-order valence-electron chi connectivity index (χ1n) is 7.86. The van der Waals surface area contributed by atoms with Crippen LogP contribution >= 0.6 is 12.4 Å². The van der Waals surface area contributed by atoms with Crippen molar-refractivity contribution in [1.82, 2.24) is 10.3 Å². The molecule has 0 spiro atoms. The number of hydrogen-bond acceptors (Lipinski definition) is 2. The lowest BCUT2D eigenvalue weighted by atomic mass is 10.0. The van der Waals surface area contributed by atoms with Crippen LogP contribution in [-0.4, -0.2) is 23.5 Å². The Bertz CT molecular complexity index is 785. The fraction of sp³-hybridized carbons (Fsp3) is 0.211. The molecule has 0 saturated carbocycles. The molecular formula is C19H22ClN3O. The number of fused-ring (bicyclic) bond motifs is 1. The van der Waals surface area contributed by atoms with Crippen molar-refractivity contribution in [3.8, 4) is 0 Å². The predicted octanol–water partition coefficient (Wildman–Crippen LogP) is 2.82. The molecule has 4 N–H and O–H groups in total. The average Bonchev–Trinajstić information content (AvgIpc) is 2.99. The van der Waals surface area contributed by atoms with Crippen LogP contribution in [-0.2, 0) is 17.6 Å². The summed E-state index contributed by atoms with van der Waals surface area (Å²) in [5, 5.41) is 4.04. The quantitative estimate of drug-likeness (QED) is 0.644. The van der Waals surface area contributed by atoms with Gasteiger partial charge in [0.2, 0.25) is 5.91 Å². The Kier molecular flexibility index (Phi) is 6.41. The van der Waals surface area contributed by atoms with Crippen LogP contribution in [0.4, 0.5) is 0 Å². The van der Waals surface area contributed by atoms with Crippen molar-refractivity contribution in [1.29, 1.82) is 0 Å². The molecular weight excluding hydrogens is 322 g/mol. The number of benzene rings is 2. The van der Waals surface area contributed by atoms with Crippen LogP contribution in [0.1, 0.15) is 11.1 Å². The minimum atomic E-state index is -0.537. The van der Waals surface area contributed by atoms with Gasteiger partial charge in [0.1, 0.15) is 0 Å². The van der Waals surface area contributed by atoms with E-state index in [0.717, 1.165) is 22.9 Å². The van der Waals surface area contributed by atoms with Gasteiger partial charge in [0.15, 0.2) is 0 Å². The number of carbonyl (C=O) groups excluding carboxylic acids is 1. The van der Waals surface area contributed by atoms with Gasteiger partial charge in [0.25, 0.3) is 0 Å². The molecule has 0 saturated heterocycles. The number of hydrogen-bond donors (Lipinski definition) is 3. The largest absolute Gasteiger partial charge is 0.361 e. The molecule has 1 aromatic heterocycles. The van der Waals surface area contributed by atoms with Gasteiger partial charge in [-0.25, -0.2) is 0 Å². The van der Waals surface area contributed by atoms with Gasteiger partial charge in [-0.3, -0.25) is 4.79 Å². The van der Waals surface area contributed by atoms with E-state index in [1.54, 1.807) is 0 Å². The monoisotopic (exact) mass is 343 g/mol. The van der Waals surface area contributed by atoms with Gasteiger partial charge in [-0.15, -0.1) is 12.4 Å². The number of nitrogens with one attached hydrogen (secondary N) is 2. The van der Waals surface area contributed by atoms with E-state index in [-0.39, 0.29) is 18.3 Å². The number of halogens is 1. The standard InChI is InChI=1S/C19H21N3O.ClH/c20-17(12-15-13-22-18-9-5-4-8-16(15)18)19(23)21-11-10-14-6-2-1-3-7-14;/h1-9,13,17,22H,10-12,20H2,(H,21,23);1H/t17-;/m1./s1. The van der Waals surface area contributed by atoms with Crippen LogP contribution in [0.15, 0.2) is 60.8 Å². The van der Waals surface area contributed by atoms with E-state index in [2.05, 4.69) is 22.4 Å². The van der Waals surface area contributed by atoms with Gasteiger partial charge < -0.3 is 16.0 Å². The van der Waals surface area contributed by atoms with E-state index in [1.165, 1.54) is 5.56 Å². The number of carbonyl (C=O) groups is 1. The van der Waals surface area contributed by atoms with Crippen molar-refractivity contribution in [2.45, 2.75) is 18.9 Å². The third-order valence-corrected chi connectivity index (χ3v) is 4.01. The lowest BCUT2D eigenvalue weighted by Crippen LogP contribution is -2.42. The molecule has 24 heavy (non-hydrogen) atoms. The summed E-state index contributed by atoms with van der Waals surface area (Å²) in [5.41, 5.74) is 9.40. The number of H-pyrrole nitrogens is 1. The van der Waals surface area contributed by atoms with Gasteiger partial charge in [-0.05, 0) is 30.0 Å². The number of para-hydroxylation sites is 1. The molecule has 5 heteroatoms. The molecule has 1 amide bonds. The molecule has 0 aliphatic carbocycles. The lowest BCUT2D eigenvalue weighted by molar-refractivity contribution is -0.122. The maximum absolute atomic E-state index is 12.1. The van der Waals surface area contributed by atoms with Crippen molar-refractivity contribution < 1.29 is 4.79 Å². The Morgan fingerprint density at radius 3 is 2.58 bits per heavy atom. The van der Waals surface area contributed by atoms with Gasteiger partial charge >= 0.3 is 0 Å². The Labute approximate surface area is 147 Å². The van der Waals surface area contributed by atoms with Crippen LogP contribution in [0, 0.1) is 0 Å². The van der Waals surface area contributed by atoms with Crippen molar-refractivity contribution >= 4 is 29.2 Å². The molecule has 3 aromatic rings. The van der Waals surface area contributed by atoms with E-state index in [0.29, 0.717) is 13.0 Å². The average molecular weight is 344 g/mol. The van der Waals surface area contributed by atoms with Crippen LogP contribution in [0.25, 0.3) is 10.9 Å². The summed E-state index contributed by atoms with van der Waals surface area (Å²) < 4.78 is 0. The Morgan fingerprint density at radius 2 is 1.79 bits per heavy atom. The molecule has 2 aromatic carbocycles. The second-order valence-electron chi connectivity index (χ2n) is 5.70. The Morgan fingerprint density at radius 1 is 1.08 bits per heavy atom. The van der Waals surface area contributed by atoms with E-state index in [4.69, 9.17) is 5.73 Å². The summed E-state index contributed by atoms with van der Waals surface area (Å²) in [6.45, 7) is 0.602. The smallest absolute Gasteiger partial charge is 0.237 e. The van der Waals surface area contributed by atoms with Crippen molar-refractivity contribution in [2.75, 3.05) is 6.54 Å². The maximum Gasteiger partial charge on any atom is 0.237 e. The molecule has 3 rings (SSSR count). The second kappa shape index (κ2) is 8.52. The summed E-state index contributed by atoms with van der Waals surface area (Å²) in [5.74, 6) is -0.105. The lowest BCUT2D eigenvalue weighted by Gasteiger charge is -2.12.